The van der Waals surface area contributed by atoms with E-state index in [4.69, 9.17) is 0 Å². The number of amides is 2. The molecule has 1 N–H and O–H groups in total. The molecular formula is C30H33F4N3O4S. The first-order chi connectivity index (χ1) is 19.6. The van der Waals surface area contributed by atoms with E-state index >= 15 is 0 Å². The molecule has 0 radical (unpaired) electrons. The molecule has 0 heterocycles. The van der Waals surface area contributed by atoms with Crippen molar-refractivity contribution in [2.24, 2.45) is 5.92 Å². The molecule has 42 heavy (non-hydrogen) atoms. The average Bonchev–Trinajstić information content (AvgIpc) is 2.93. The van der Waals surface area contributed by atoms with Crippen molar-refractivity contribution in [2.75, 3.05) is 17.4 Å². The summed E-state index contributed by atoms with van der Waals surface area (Å²) in [6.45, 7) is 6.20. The summed E-state index contributed by atoms with van der Waals surface area (Å²) < 4.78 is 82.4. The average molecular weight is 608 g/mol. The van der Waals surface area contributed by atoms with Crippen LogP contribution in [0.2, 0.25) is 0 Å². The van der Waals surface area contributed by atoms with Gasteiger partial charge in [-0.05, 0) is 67.8 Å². The maximum atomic E-state index is 13.8. The Kier molecular flexibility index (Phi) is 10.4. The molecule has 3 rings (SSSR count). The molecule has 12 heteroatoms. The van der Waals surface area contributed by atoms with Crippen LogP contribution in [-0.4, -0.2) is 44.3 Å². The SMILES string of the molecule is Cc1ccc(S(=O)(=O)N(CC(=O)N(Cc2ccc(F)cc2)C(C)C(=O)NCC(C)C)c2cccc(C(F)(F)F)c2)cc1. The molecule has 0 saturated carbocycles. The molecule has 226 valence electrons. The minimum atomic E-state index is -4.77. The third kappa shape index (κ3) is 8.31. The van der Waals surface area contributed by atoms with Gasteiger partial charge in [0.1, 0.15) is 18.4 Å². The van der Waals surface area contributed by atoms with Crippen molar-refractivity contribution in [2.45, 2.75) is 51.4 Å². The molecule has 7 nitrogen and oxygen atoms in total. The number of benzene rings is 3. The van der Waals surface area contributed by atoms with Crippen LogP contribution in [0.3, 0.4) is 0 Å². The molecule has 0 spiro atoms. The Morgan fingerprint density at radius 3 is 2.12 bits per heavy atom. The Bertz CT molecular complexity index is 1490. The number of sulfonamides is 1. The zero-order valence-electron chi connectivity index (χ0n) is 23.7. The second kappa shape index (κ2) is 13.4. The first-order valence-electron chi connectivity index (χ1n) is 13.2. The summed E-state index contributed by atoms with van der Waals surface area (Å²) >= 11 is 0. The molecule has 2 amide bonds. The van der Waals surface area contributed by atoms with E-state index in [1.54, 1.807) is 6.92 Å². The highest BCUT2D eigenvalue weighted by molar-refractivity contribution is 7.92. The van der Waals surface area contributed by atoms with Gasteiger partial charge in [-0.25, -0.2) is 12.8 Å². The van der Waals surface area contributed by atoms with Crippen LogP contribution in [0.25, 0.3) is 0 Å². The maximum absolute atomic E-state index is 13.8. The van der Waals surface area contributed by atoms with Crippen LogP contribution in [-0.2, 0) is 32.3 Å². The quantitative estimate of drug-likeness (QED) is 0.290. The van der Waals surface area contributed by atoms with E-state index in [1.165, 1.54) is 55.5 Å². The number of carbonyl (C=O) groups is 2. The third-order valence-electron chi connectivity index (χ3n) is 6.47. The molecule has 3 aromatic carbocycles. The summed E-state index contributed by atoms with van der Waals surface area (Å²) in [4.78, 5) is 27.7. The molecule has 1 unspecified atom stereocenters. The molecule has 3 aromatic rings. The highest BCUT2D eigenvalue weighted by atomic mass is 32.2. The minimum Gasteiger partial charge on any atom is -0.354 e. The van der Waals surface area contributed by atoms with Gasteiger partial charge in [0.05, 0.1) is 16.1 Å². The van der Waals surface area contributed by atoms with Gasteiger partial charge in [0, 0.05) is 13.1 Å². The predicted octanol–water partition coefficient (Wildman–Crippen LogP) is 5.54. The monoisotopic (exact) mass is 607 g/mol. The Morgan fingerprint density at radius 2 is 1.55 bits per heavy atom. The fraction of sp³-hybridized carbons (Fsp3) is 0.333. The lowest BCUT2D eigenvalue weighted by Gasteiger charge is -2.32. The number of halogens is 4. The number of hydrogen-bond donors (Lipinski definition) is 1. The molecule has 0 bridgehead atoms. The van der Waals surface area contributed by atoms with Gasteiger partial charge in [-0.1, -0.05) is 49.7 Å². The second-order valence-electron chi connectivity index (χ2n) is 10.3. The van der Waals surface area contributed by atoms with E-state index in [0.29, 0.717) is 22.5 Å². The van der Waals surface area contributed by atoms with Gasteiger partial charge in [-0.2, -0.15) is 13.2 Å². The molecule has 0 saturated heterocycles. The van der Waals surface area contributed by atoms with E-state index in [1.807, 2.05) is 13.8 Å². The van der Waals surface area contributed by atoms with Gasteiger partial charge < -0.3 is 10.2 Å². The molecular weight excluding hydrogens is 574 g/mol. The minimum absolute atomic E-state index is 0.110. The van der Waals surface area contributed by atoms with Crippen LogP contribution in [0.4, 0.5) is 23.2 Å². The number of rotatable bonds is 11. The molecule has 0 aliphatic heterocycles. The van der Waals surface area contributed by atoms with Crippen molar-refractivity contribution in [1.82, 2.24) is 10.2 Å². The van der Waals surface area contributed by atoms with Crippen LogP contribution < -0.4 is 9.62 Å². The van der Waals surface area contributed by atoms with Crippen LogP contribution in [0.5, 0.6) is 0 Å². The Balaban J connectivity index is 2.07. The topological polar surface area (TPSA) is 86.8 Å². The first-order valence-corrected chi connectivity index (χ1v) is 14.6. The van der Waals surface area contributed by atoms with Gasteiger partial charge in [0.25, 0.3) is 10.0 Å². The van der Waals surface area contributed by atoms with Gasteiger partial charge >= 0.3 is 6.18 Å². The largest absolute Gasteiger partial charge is 0.416 e. The van der Waals surface area contributed by atoms with Crippen LogP contribution in [0, 0.1) is 18.7 Å². The fourth-order valence-electron chi connectivity index (χ4n) is 4.03. The van der Waals surface area contributed by atoms with Crippen LogP contribution in [0.15, 0.2) is 77.7 Å². The number of hydrogen-bond acceptors (Lipinski definition) is 4. The molecule has 0 aliphatic rings. The van der Waals surface area contributed by atoms with E-state index in [9.17, 15) is 35.6 Å². The highest BCUT2D eigenvalue weighted by Gasteiger charge is 2.35. The first kappa shape index (κ1) is 32.6. The van der Waals surface area contributed by atoms with E-state index in [2.05, 4.69) is 5.32 Å². The molecule has 0 aromatic heterocycles. The molecule has 0 aliphatic carbocycles. The zero-order valence-corrected chi connectivity index (χ0v) is 24.5. The normalized spacial score (nSPS) is 12.6. The molecule has 1 atom stereocenters. The van der Waals surface area contributed by atoms with Crippen molar-refractivity contribution >= 4 is 27.5 Å². The van der Waals surface area contributed by atoms with Gasteiger partial charge in [0.2, 0.25) is 11.8 Å². The van der Waals surface area contributed by atoms with Gasteiger partial charge in [0.15, 0.2) is 0 Å². The van der Waals surface area contributed by atoms with Crippen LogP contribution in [0.1, 0.15) is 37.5 Å². The van der Waals surface area contributed by atoms with Crippen molar-refractivity contribution in [3.8, 4) is 0 Å². The van der Waals surface area contributed by atoms with E-state index in [0.717, 1.165) is 28.7 Å². The fourth-order valence-corrected chi connectivity index (χ4v) is 5.43. The number of nitrogens with one attached hydrogen (secondary N) is 1. The molecule has 0 fully saturated rings. The third-order valence-corrected chi connectivity index (χ3v) is 8.26. The summed E-state index contributed by atoms with van der Waals surface area (Å²) in [5.41, 5.74) is -0.263. The van der Waals surface area contributed by atoms with Crippen LogP contribution >= 0.6 is 0 Å². The summed E-state index contributed by atoms with van der Waals surface area (Å²) in [7, 11) is -4.54. The second-order valence-corrected chi connectivity index (χ2v) is 12.2. The lowest BCUT2D eigenvalue weighted by molar-refractivity contribution is -0.139. The standard InChI is InChI=1S/C30H33F4N3O4S/c1-20(2)17-35-29(39)22(4)36(18-23-10-12-25(31)13-11-23)28(38)19-37(26-7-5-6-24(16-26)30(32,33)34)42(40,41)27-14-8-21(3)9-15-27/h5-16,20,22H,17-19H2,1-4H3,(H,35,39). The van der Waals surface area contributed by atoms with E-state index in [-0.39, 0.29) is 23.0 Å². The van der Waals surface area contributed by atoms with Crippen molar-refractivity contribution in [3.63, 3.8) is 0 Å². The number of alkyl halides is 3. The van der Waals surface area contributed by atoms with E-state index < -0.39 is 52.0 Å². The Morgan fingerprint density at radius 1 is 0.929 bits per heavy atom. The summed E-state index contributed by atoms with van der Waals surface area (Å²) in [6.07, 6.45) is -4.77. The highest BCUT2D eigenvalue weighted by Crippen LogP contribution is 2.33. The number of aryl methyl sites for hydroxylation is 1. The summed E-state index contributed by atoms with van der Waals surface area (Å²) in [5.74, 6) is -1.76. The number of carbonyl (C=O) groups excluding carboxylic acids is 2. The smallest absolute Gasteiger partial charge is 0.354 e. The van der Waals surface area contributed by atoms with Crippen molar-refractivity contribution in [3.05, 3.63) is 95.3 Å². The summed E-state index contributed by atoms with van der Waals surface area (Å²) in [5, 5.41) is 2.73. The lowest BCUT2D eigenvalue weighted by atomic mass is 10.1. The van der Waals surface area contributed by atoms with Crippen molar-refractivity contribution < 1.29 is 35.6 Å². The maximum Gasteiger partial charge on any atom is 0.416 e. The number of anilines is 1. The Labute approximate surface area is 243 Å². The lowest BCUT2D eigenvalue weighted by Crippen LogP contribution is -2.51. The summed E-state index contributed by atoms with van der Waals surface area (Å²) in [6, 6.07) is 13.4. The Hall–Kier alpha value is -3.93. The van der Waals surface area contributed by atoms with Crippen molar-refractivity contribution in [1.29, 1.82) is 0 Å². The zero-order chi connectivity index (χ0) is 31.2. The van der Waals surface area contributed by atoms with Gasteiger partial charge in [-0.3, -0.25) is 13.9 Å². The predicted molar refractivity (Wildman–Crippen MR) is 151 cm³/mol. The number of nitrogens with zero attached hydrogens (tertiary/aromatic N) is 2. The van der Waals surface area contributed by atoms with Gasteiger partial charge in [-0.15, -0.1) is 0 Å².